The van der Waals surface area contributed by atoms with Crippen molar-refractivity contribution in [3.8, 4) is 0 Å². The minimum atomic E-state index is -0.494. The van der Waals surface area contributed by atoms with E-state index in [0.717, 1.165) is 16.7 Å². The van der Waals surface area contributed by atoms with Gasteiger partial charge in [0, 0.05) is 5.56 Å². The highest BCUT2D eigenvalue weighted by Crippen LogP contribution is 2.20. The van der Waals surface area contributed by atoms with Crippen molar-refractivity contribution < 1.29 is 19.1 Å². The Morgan fingerprint density at radius 3 is 2.41 bits per heavy atom. The molecule has 1 heterocycles. The van der Waals surface area contributed by atoms with Crippen LogP contribution in [0.15, 0.2) is 59.2 Å². The van der Waals surface area contributed by atoms with Gasteiger partial charge in [0.25, 0.3) is 0 Å². The molecule has 138 valence electrons. The van der Waals surface area contributed by atoms with E-state index in [-0.39, 0.29) is 17.6 Å². The van der Waals surface area contributed by atoms with Gasteiger partial charge < -0.3 is 9.47 Å². The second-order valence-corrected chi connectivity index (χ2v) is 6.82. The molecule has 0 aliphatic carbocycles. The molecule has 0 spiro atoms. The third kappa shape index (κ3) is 4.70. The van der Waals surface area contributed by atoms with Crippen LogP contribution >= 0.6 is 0 Å². The van der Waals surface area contributed by atoms with Crippen molar-refractivity contribution in [1.29, 1.82) is 0 Å². The van der Waals surface area contributed by atoms with Crippen LogP contribution in [0, 0.1) is 12.8 Å². The van der Waals surface area contributed by atoms with Gasteiger partial charge in [-0.3, -0.25) is 0 Å². The van der Waals surface area contributed by atoms with Gasteiger partial charge in [-0.15, -0.1) is 0 Å². The lowest BCUT2D eigenvalue weighted by Gasteiger charge is -2.07. The zero-order valence-corrected chi connectivity index (χ0v) is 15.6. The van der Waals surface area contributed by atoms with Crippen LogP contribution in [0.2, 0.25) is 0 Å². The lowest BCUT2D eigenvalue weighted by atomic mass is 10.1. The molecule has 0 bridgehead atoms. The fraction of sp³-hybridized carbons (Fsp3) is 0.227. The molecule has 3 rings (SSSR count). The Morgan fingerprint density at radius 1 is 1.11 bits per heavy atom. The summed E-state index contributed by atoms with van der Waals surface area (Å²) in [6.45, 7) is 6.33. The quantitative estimate of drug-likeness (QED) is 0.591. The third-order valence-electron chi connectivity index (χ3n) is 3.92. The number of benzene rings is 2. The molecule has 1 aliphatic heterocycles. The molecule has 0 radical (unpaired) electrons. The van der Waals surface area contributed by atoms with E-state index in [2.05, 4.69) is 4.99 Å². The summed E-state index contributed by atoms with van der Waals surface area (Å²) < 4.78 is 10.5. The number of ether oxygens (including phenoxy) is 2. The van der Waals surface area contributed by atoms with Crippen molar-refractivity contribution in [2.24, 2.45) is 10.9 Å². The molecule has 0 aromatic heterocycles. The summed E-state index contributed by atoms with van der Waals surface area (Å²) in [5.41, 5.74) is 3.31. The van der Waals surface area contributed by atoms with E-state index in [0.29, 0.717) is 18.1 Å². The van der Waals surface area contributed by atoms with Gasteiger partial charge in [0.05, 0.1) is 12.2 Å². The molecule has 1 aliphatic rings. The highest BCUT2D eigenvalue weighted by Gasteiger charge is 2.24. The van der Waals surface area contributed by atoms with Gasteiger partial charge in [0.2, 0.25) is 5.90 Å². The van der Waals surface area contributed by atoms with Crippen LogP contribution in [0.5, 0.6) is 0 Å². The molecule has 5 heteroatoms. The Kier molecular flexibility index (Phi) is 5.50. The molecule has 0 saturated heterocycles. The number of carbonyl (C=O) groups excluding carboxylic acids is 2. The van der Waals surface area contributed by atoms with E-state index < -0.39 is 5.97 Å². The standard InChI is InChI=1S/C22H21NO4/c1-14(2)13-26-21(24)18-10-6-16(7-11-18)12-19-22(25)27-20(23-19)17-8-4-15(3)5-9-17/h4-12,14H,13H2,1-3H3/b19-12-. The zero-order chi connectivity index (χ0) is 19.4. The predicted octanol–water partition coefficient (Wildman–Crippen LogP) is 4.15. The molecule has 0 amide bonds. The van der Waals surface area contributed by atoms with Crippen molar-refractivity contribution in [2.45, 2.75) is 20.8 Å². The summed E-state index contributed by atoms with van der Waals surface area (Å²) in [6.07, 6.45) is 1.63. The minimum absolute atomic E-state index is 0.223. The van der Waals surface area contributed by atoms with Crippen LogP contribution in [0.25, 0.3) is 6.08 Å². The Morgan fingerprint density at radius 2 is 1.78 bits per heavy atom. The van der Waals surface area contributed by atoms with E-state index in [1.54, 1.807) is 30.3 Å². The van der Waals surface area contributed by atoms with E-state index in [1.807, 2.05) is 45.0 Å². The molecule has 5 nitrogen and oxygen atoms in total. The summed E-state index contributed by atoms with van der Waals surface area (Å²) in [4.78, 5) is 28.3. The molecule has 0 unspecified atom stereocenters. The summed E-state index contributed by atoms with van der Waals surface area (Å²) in [7, 11) is 0. The lowest BCUT2D eigenvalue weighted by molar-refractivity contribution is -0.129. The number of aliphatic imine (C=N–C) groups is 1. The SMILES string of the molecule is Cc1ccc(C2=N/C(=C\c3ccc(C(=O)OCC(C)C)cc3)C(=O)O2)cc1. The van der Waals surface area contributed by atoms with Crippen LogP contribution in [0.4, 0.5) is 0 Å². The first-order chi connectivity index (χ1) is 12.9. The first kappa shape index (κ1) is 18.6. The second kappa shape index (κ2) is 7.99. The summed E-state index contributed by atoms with van der Waals surface area (Å²) in [5, 5.41) is 0. The topological polar surface area (TPSA) is 65.0 Å². The lowest BCUT2D eigenvalue weighted by Crippen LogP contribution is -2.10. The Bertz CT molecular complexity index is 906. The average molecular weight is 363 g/mol. The maximum atomic E-state index is 12.1. The molecule has 0 fully saturated rings. The van der Waals surface area contributed by atoms with Gasteiger partial charge in [-0.05, 0) is 48.7 Å². The molecular weight excluding hydrogens is 342 g/mol. The van der Waals surface area contributed by atoms with E-state index >= 15 is 0 Å². The maximum Gasteiger partial charge on any atom is 0.363 e. The zero-order valence-electron chi connectivity index (χ0n) is 15.6. The first-order valence-corrected chi connectivity index (χ1v) is 8.79. The van der Waals surface area contributed by atoms with Crippen LogP contribution in [-0.4, -0.2) is 24.4 Å². The molecule has 27 heavy (non-hydrogen) atoms. The summed E-state index contributed by atoms with van der Waals surface area (Å²) in [6, 6.07) is 14.4. The van der Waals surface area contributed by atoms with Gasteiger partial charge >= 0.3 is 11.9 Å². The Labute approximate surface area is 158 Å². The van der Waals surface area contributed by atoms with Crippen LogP contribution < -0.4 is 0 Å². The van der Waals surface area contributed by atoms with E-state index in [1.165, 1.54) is 0 Å². The van der Waals surface area contributed by atoms with Gasteiger partial charge in [-0.1, -0.05) is 43.7 Å². The number of cyclic esters (lactones) is 1. The van der Waals surface area contributed by atoms with Gasteiger partial charge in [-0.2, -0.15) is 0 Å². The summed E-state index contributed by atoms with van der Waals surface area (Å²) >= 11 is 0. The second-order valence-electron chi connectivity index (χ2n) is 6.82. The van der Waals surface area contributed by atoms with Crippen LogP contribution in [0.1, 0.15) is 40.9 Å². The van der Waals surface area contributed by atoms with Crippen molar-refractivity contribution in [3.05, 3.63) is 76.5 Å². The number of esters is 2. The molecule has 0 atom stereocenters. The highest BCUT2D eigenvalue weighted by molar-refractivity contribution is 6.12. The van der Waals surface area contributed by atoms with Gasteiger partial charge in [-0.25, -0.2) is 14.6 Å². The summed E-state index contributed by atoms with van der Waals surface area (Å²) in [5.74, 6) is -0.277. The predicted molar refractivity (Wildman–Crippen MR) is 103 cm³/mol. The highest BCUT2D eigenvalue weighted by atomic mass is 16.6. The van der Waals surface area contributed by atoms with Crippen LogP contribution in [0.3, 0.4) is 0 Å². The van der Waals surface area contributed by atoms with E-state index in [9.17, 15) is 9.59 Å². The number of hydrogen-bond acceptors (Lipinski definition) is 5. The third-order valence-corrected chi connectivity index (χ3v) is 3.92. The number of carbonyl (C=O) groups is 2. The molecular formula is C22H21NO4. The number of nitrogens with zero attached hydrogens (tertiary/aromatic N) is 1. The normalized spacial score (nSPS) is 15.0. The Hall–Kier alpha value is -3.21. The average Bonchev–Trinajstić information content (AvgIpc) is 3.01. The maximum absolute atomic E-state index is 12.1. The smallest absolute Gasteiger partial charge is 0.363 e. The van der Waals surface area contributed by atoms with Crippen LogP contribution in [-0.2, 0) is 14.3 Å². The fourth-order valence-corrected chi connectivity index (χ4v) is 2.43. The molecule has 0 N–H and O–H groups in total. The van der Waals surface area contributed by atoms with Crippen molar-refractivity contribution in [3.63, 3.8) is 0 Å². The molecule has 0 saturated carbocycles. The number of aryl methyl sites for hydroxylation is 1. The number of rotatable bonds is 5. The first-order valence-electron chi connectivity index (χ1n) is 8.79. The Balaban J connectivity index is 1.75. The van der Waals surface area contributed by atoms with Gasteiger partial charge in [0.15, 0.2) is 5.70 Å². The fourth-order valence-electron chi connectivity index (χ4n) is 2.43. The molecule has 2 aromatic rings. The van der Waals surface area contributed by atoms with Gasteiger partial charge in [0.1, 0.15) is 0 Å². The minimum Gasteiger partial charge on any atom is -0.462 e. The largest absolute Gasteiger partial charge is 0.462 e. The van der Waals surface area contributed by atoms with Crippen molar-refractivity contribution in [1.82, 2.24) is 0 Å². The van der Waals surface area contributed by atoms with Crippen molar-refractivity contribution >= 4 is 23.9 Å². The van der Waals surface area contributed by atoms with E-state index in [4.69, 9.17) is 9.47 Å². The monoisotopic (exact) mass is 363 g/mol. The molecule has 2 aromatic carbocycles. The van der Waals surface area contributed by atoms with Crippen molar-refractivity contribution in [2.75, 3.05) is 6.61 Å². The number of hydrogen-bond donors (Lipinski definition) is 0.